The molecule has 2 rings (SSSR count). The standard InChI is InChI=1S/C11H10N4O4/c1-7-11(8(2)16)14(17)13(12-7)9-3-5-10(6-4-9)15(18)19/h3-6H,1-2H3. The van der Waals surface area contributed by atoms with E-state index in [0.29, 0.717) is 16.2 Å². The number of carbonyl (C=O) groups is 1. The number of rotatable bonds is 3. The molecule has 19 heavy (non-hydrogen) atoms. The maximum atomic E-state index is 11.9. The molecule has 0 radical (unpaired) electrons. The molecular formula is C11H10N4O4. The lowest BCUT2D eigenvalue weighted by molar-refractivity contribution is -0.690. The zero-order chi connectivity index (χ0) is 14.2. The first kappa shape index (κ1) is 12.7. The number of aromatic nitrogens is 3. The molecule has 1 aromatic carbocycles. The van der Waals surface area contributed by atoms with E-state index in [1.807, 2.05) is 0 Å². The maximum Gasteiger partial charge on any atom is 0.269 e. The second-order valence-corrected chi connectivity index (χ2v) is 3.93. The number of Topliss-reactive ketones (excluding diaryl/α,β-unsaturated/α-hetero) is 1. The summed E-state index contributed by atoms with van der Waals surface area (Å²) in [7, 11) is 0. The summed E-state index contributed by atoms with van der Waals surface area (Å²) in [6.45, 7) is 2.83. The second kappa shape index (κ2) is 4.48. The SMILES string of the molecule is CC(=O)c1c(C)nn(-c2ccc([N+](=O)[O-])cc2)[n+]1[O-]. The Morgan fingerprint density at radius 2 is 1.95 bits per heavy atom. The molecule has 0 N–H and O–H groups in total. The smallest absolute Gasteiger partial charge is 0.269 e. The fourth-order valence-corrected chi connectivity index (χ4v) is 1.72. The Balaban J connectivity index is 2.51. The van der Waals surface area contributed by atoms with E-state index in [9.17, 15) is 20.1 Å². The third-order valence-corrected chi connectivity index (χ3v) is 2.58. The molecule has 0 unspecified atom stereocenters. The first-order valence-electron chi connectivity index (χ1n) is 5.37. The van der Waals surface area contributed by atoms with Gasteiger partial charge in [0.25, 0.3) is 5.69 Å². The van der Waals surface area contributed by atoms with Gasteiger partial charge < -0.3 is 5.21 Å². The van der Waals surface area contributed by atoms with Gasteiger partial charge in [0.05, 0.1) is 4.92 Å². The third kappa shape index (κ3) is 2.15. The van der Waals surface area contributed by atoms with Crippen molar-refractivity contribution in [3.05, 3.63) is 51.0 Å². The zero-order valence-corrected chi connectivity index (χ0v) is 10.2. The van der Waals surface area contributed by atoms with Gasteiger partial charge in [-0.1, -0.05) is 0 Å². The number of nitro groups is 1. The summed E-state index contributed by atoms with van der Waals surface area (Å²) in [6, 6.07) is 5.31. The minimum Gasteiger partial charge on any atom is -0.692 e. The van der Waals surface area contributed by atoms with Gasteiger partial charge in [-0.15, -0.1) is 4.85 Å². The van der Waals surface area contributed by atoms with E-state index in [2.05, 4.69) is 5.10 Å². The Bertz CT molecular complexity index is 660. The highest BCUT2D eigenvalue weighted by atomic mass is 16.6. The molecule has 1 aromatic heterocycles. The summed E-state index contributed by atoms with van der Waals surface area (Å²) in [4.78, 5) is 22.7. The molecular weight excluding hydrogens is 252 g/mol. The van der Waals surface area contributed by atoms with Crippen molar-refractivity contribution in [3.63, 3.8) is 0 Å². The molecule has 0 aliphatic carbocycles. The number of non-ortho nitro benzene ring substituents is 1. The number of nitro benzene ring substituents is 1. The van der Waals surface area contributed by atoms with Gasteiger partial charge in [-0.25, -0.2) is 0 Å². The average molecular weight is 262 g/mol. The van der Waals surface area contributed by atoms with Gasteiger partial charge in [0.1, 0.15) is 5.69 Å². The number of hydrogen-bond acceptors (Lipinski definition) is 5. The summed E-state index contributed by atoms with van der Waals surface area (Å²) in [6.07, 6.45) is 0. The first-order chi connectivity index (χ1) is 8.91. The van der Waals surface area contributed by atoms with E-state index < -0.39 is 4.92 Å². The minimum absolute atomic E-state index is 0.0432. The van der Waals surface area contributed by atoms with Crippen LogP contribution >= 0.6 is 0 Å². The van der Waals surface area contributed by atoms with Gasteiger partial charge in [0, 0.05) is 31.1 Å². The predicted octanol–water partition coefficient (Wildman–Crippen LogP) is 0.925. The molecule has 8 heteroatoms. The van der Waals surface area contributed by atoms with Gasteiger partial charge in [-0.2, -0.15) is 0 Å². The molecule has 0 amide bonds. The Labute approximate surface area is 107 Å². The van der Waals surface area contributed by atoms with Crippen LogP contribution in [0.4, 0.5) is 5.69 Å². The van der Waals surface area contributed by atoms with Crippen molar-refractivity contribution >= 4 is 11.5 Å². The fraction of sp³-hybridized carbons (Fsp3) is 0.182. The molecule has 0 saturated carbocycles. The topological polar surface area (TPSA) is 105 Å². The molecule has 0 saturated heterocycles. The minimum atomic E-state index is -0.537. The number of hydrogen-bond donors (Lipinski definition) is 0. The fourth-order valence-electron chi connectivity index (χ4n) is 1.72. The van der Waals surface area contributed by atoms with Crippen molar-refractivity contribution in [2.24, 2.45) is 0 Å². The van der Waals surface area contributed by atoms with Crippen molar-refractivity contribution in [1.82, 2.24) is 9.90 Å². The first-order valence-corrected chi connectivity index (χ1v) is 5.37. The van der Waals surface area contributed by atoms with Gasteiger partial charge >= 0.3 is 0 Å². The molecule has 8 nitrogen and oxygen atoms in total. The summed E-state index contributed by atoms with van der Waals surface area (Å²) >= 11 is 0. The van der Waals surface area contributed by atoms with E-state index >= 15 is 0 Å². The highest BCUT2D eigenvalue weighted by Crippen LogP contribution is 2.14. The van der Waals surface area contributed by atoms with Crippen molar-refractivity contribution in [2.75, 3.05) is 0 Å². The van der Waals surface area contributed by atoms with Crippen molar-refractivity contribution < 1.29 is 14.6 Å². The van der Waals surface area contributed by atoms with Crippen LogP contribution in [0, 0.1) is 22.2 Å². The number of ketones is 1. The van der Waals surface area contributed by atoms with Gasteiger partial charge in [-0.05, 0) is 16.9 Å². The Morgan fingerprint density at radius 1 is 1.37 bits per heavy atom. The normalized spacial score (nSPS) is 10.4. The number of nitrogens with zero attached hydrogens (tertiary/aromatic N) is 4. The molecule has 2 aromatic rings. The van der Waals surface area contributed by atoms with Crippen LogP contribution in [-0.2, 0) is 0 Å². The van der Waals surface area contributed by atoms with Crippen LogP contribution in [0.15, 0.2) is 24.3 Å². The third-order valence-electron chi connectivity index (χ3n) is 2.58. The molecule has 98 valence electrons. The van der Waals surface area contributed by atoms with Crippen molar-refractivity contribution in [1.29, 1.82) is 0 Å². The van der Waals surface area contributed by atoms with Crippen LogP contribution in [0.3, 0.4) is 0 Å². The summed E-state index contributed by atoms with van der Waals surface area (Å²) in [5, 5.41) is 26.4. The highest BCUT2D eigenvalue weighted by Gasteiger charge is 2.23. The summed E-state index contributed by atoms with van der Waals surface area (Å²) < 4.78 is 0. The largest absolute Gasteiger partial charge is 0.692 e. The van der Waals surface area contributed by atoms with Gasteiger partial charge in [0.15, 0.2) is 0 Å². The molecule has 0 atom stereocenters. The highest BCUT2D eigenvalue weighted by molar-refractivity contribution is 5.91. The molecule has 0 spiro atoms. The predicted molar refractivity (Wildman–Crippen MR) is 63.9 cm³/mol. The van der Waals surface area contributed by atoms with E-state index in [-0.39, 0.29) is 17.2 Å². The second-order valence-electron chi connectivity index (χ2n) is 3.93. The van der Waals surface area contributed by atoms with Crippen molar-refractivity contribution in [3.8, 4) is 5.69 Å². The molecule has 1 heterocycles. The lowest BCUT2D eigenvalue weighted by Gasteiger charge is -2.04. The summed E-state index contributed by atoms with van der Waals surface area (Å²) in [5.74, 6) is -0.388. The molecule has 0 aliphatic heterocycles. The number of aryl methyl sites for hydroxylation is 1. The van der Waals surface area contributed by atoms with Crippen LogP contribution in [0.25, 0.3) is 5.69 Å². The number of benzene rings is 1. The average Bonchev–Trinajstić information content (AvgIpc) is 2.65. The Morgan fingerprint density at radius 3 is 2.37 bits per heavy atom. The van der Waals surface area contributed by atoms with Gasteiger partial charge in [-0.3, -0.25) is 14.9 Å². The van der Waals surface area contributed by atoms with E-state index in [1.165, 1.54) is 31.2 Å². The molecule has 0 aliphatic rings. The monoisotopic (exact) mass is 262 g/mol. The van der Waals surface area contributed by atoms with Crippen LogP contribution in [0.1, 0.15) is 23.1 Å². The van der Waals surface area contributed by atoms with Crippen molar-refractivity contribution in [2.45, 2.75) is 13.8 Å². The van der Waals surface area contributed by atoms with Crippen LogP contribution < -0.4 is 4.85 Å². The zero-order valence-electron chi connectivity index (χ0n) is 10.2. The maximum absolute atomic E-state index is 11.9. The summed E-state index contributed by atoms with van der Waals surface area (Å²) in [5.41, 5.74) is 0.521. The quantitative estimate of drug-likeness (QED) is 0.269. The van der Waals surface area contributed by atoms with Crippen LogP contribution in [-0.4, -0.2) is 20.6 Å². The lowest BCUT2D eigenvalue weighted by Crippen LogP contribution is -2.41. The number of carbonyl (C=O) groups excluding carboxylic acids is 1. The van der Waals surface area contributed by atoms with Crippen LogP contribution in [0.5, 0.6) is 0 Å². The molecule has 0 bridgehead atoms. The Kier molecular flexibility index (Phi) is 2.99. The van der Waals surface area contributed by atoms with Crippen LogP contribution in [0.2, 0.25) is 0 Å². The van der Waals surface area contributed by atoms with Gasteiger partial charge in [0.2, 0.25) is 17.2 Å². The van der Waals surface area contributed by atoms with E-state index in [0.717, 1.165) is 4.80 Å². The molecule has 0 fully saturated rings. The van der Waals surface area contributed by atoms with E-state index in [1.54, 1.807) is 6.92 Å². The van der Waals surface area contributed by atoms with E-state index in [4.69, 9.17) is 0 Å². The Hall–Kier alpha value is -2.77. The lowest BCUT2D eigenvalue weighted by atomic mass is 10.3.